The number of hydrogen-bond acceptors (Lipinski definition) is 8. The van der Waals surface area contributed by atoms with Crippen molar-refractivity contribution in [2.24, 2.45) is 11.1 Å². The Morgan fingerprint density at radius 3 is 2.74 bits per heavy atom. The fourth-order valence-electron chi connectivity index (χ4n) is 3.56. The largest absolute Gasteiger partial charge is 0.447 e. The van der Waals surface area contributed by atoms with Crippen LogP contribution in [0.3, 0.4) is 0 Å². The van der Waals surface area contributed by atoms with Gasteiger partial charge in [0, 0.05) is 32.0 Å². The van der Waals surface area contributed by atoms with Gasteiger partial charge in [-0.05, 0) is 38.2 Å². The molecule has 166 valence electrons. The standard InChI is InChI=1S/C21H26N4O6/c1-12(2)29-21(28)25-9-7-15(8-10-25)24-31-20-22-18(27)17-14(6-5-13-3-4-13)11-16(26)30-19(17)23-20/h11-13H,3-10H2,1-2H3,(H,22,23,27). The zero-order chi connectivity index (χ0) is 22.0. The Balaban J connectivity index is 1.45. The highest BCUT2D eigenvalue weighted by Gasteiger charge is 2.23. The lowest BCUT2D eigenvalue weighted by Gasteiger charge is -2.27. The highest BCUT2D eigenvalue weighted by atomic mass is 16.6. The molecule has 1 saturated carbocycles. The zero-order valence-electron chi connectivity index (χ0n) is 17.7. The topological polar surface area (TPSA) is 127 Å². The van der Waals surface area contributed by atoms with Crippen LogP contribution in [0.1, 0.15) is 51.5 Å². The van der Waals surface area contributed by atoms with Gasteiger partial charge in [-0.15, -0.1) is 0 Å². The molecule has 1 amide bonds. The number of carbonyl (C=O) groups is 1. The summed E-state index contributed by atoms with van der Waals surface area (Å²) in [5.74, 6) is 0.673. The monoisotopic (exact) mass is 430 g/mol. The van der Waals surface area contributed by atoms with E-state index in [0.29, 0.717) is 43.8 Å². The van der Waals surface area contributed by atoms with Crippen LogP contribution in [0.2, 0.25) is 0 Å². The van der Waals surface area contributed by atoms with Gasteiger partial charge in [0.2, 0.25) is 5.71 Å². The van der Waals surface area contributed by atoms with E-state index in [9.17, 15) is 14.4 Å². The summed E-state index contributed by atoms with van der Waals surface area (Å²) in [6.07, 6.45) is 4.49. The quantitative estimate of drug-likeness (QED) is 0.698. The molecule has 1 aliphatic heterocycles. The van der Waals surface area contributed by atoms with Crippen LogP contribution in [-0.4, -0.2) is 45.9 Å². The normalized spacial score (nSPS) is 16.6. The van der Waals surface area contributed by atoms with Crippen molar-refractivity contribution in [3.63, 3.8) is 0 Å². The predicted octanol–water partition coefficient (Wildman–Crippen LogP) is 2.59. The van der Waals surface area contributed by atoms with E-state index in [2.05, 4.69) is 15.1 Å². The Hall–Kier alpha value is -3.17. The number of ether oxygens (including phenoxy) is 1. The number of fused-ring (bicyclic) bond motifs is 1. The van der Waals surface area contributed by atoms with Crippen LogP contribution in [0.15, 0.2) is 25.2 Å². The van der Waals surface area contributed by atoms with Gasteiger partial charge in [-0.2, -0.15) is 4.98 Å². The fourth-order valence-corrected chi connectivity index (χ4v) is 3.56. The molecule has 0 spiro atoms. The van der Waals surface area contributed by atoms with Gasteiger partial charge in [0.1, 0.15) is 5.39 Å². The third-order valence-electron chi connectivity index (χ3n) is 5.39. The first-order valence-corrected chi connectivity index (χ1v) is 10.6. The number of piperidine rings is 1. The minimum atomic E-state index is -0.547. The molecule has 2 aromatic heterocycles. The molecule has 0 atom stereocenters. The molecule has 1 saturated heterocycles. The second kappa shape index (κ2) is 8.91. The summed E-state index contributed by atoms with van der Waals surface area (Å²) in [7, 11) is 0. The molecule has 0 radical (unpaired) electrons. The van der Waals surface area contributed by atoms with Crippen LogP contribution < -0.4 is 16.0 Å². The molecule has 10 heteroatoms. The van der Waals surface area contributed by atoms with Crippen molar-refractivity contribution in [2.75, 3.05) is 13.1 Å². The first kappa shape index (κ1) is 21.1. The zero-order valence-corrected chi connectivity index (χ0v) is 17.7. The number of nitrogens with one attached hydrogen (secondary N) is 1. The maximum Gasteiger partial charge on any atom is 0.410 e. The molecule has 0 unspecified atom stereocenters. The van der Waals surface area contributed by atoms with Crippen LogP contribution in [0.25, 0.3) is 11.1 Å². The van der Waals surface area contributed by atoms with E-state index in [1.807, 2.05) is 0 Å². The lowest BCUT2D eigenvalue weighted by molar-refractivity contribution is 0.0764. The molecular formula is C21H26N4O6. The van der Waals surface area contributed by atoms with Gasteiger partial charge in [-0.25, -0.2) is 9.59 Å². The van der Waals surface area contributed by atoms with Crippen LogP contribution in [-0.2, 0) is 11.2 Å². The van der Waals surface area contributed by atoms with Crippen LogP contribution in [0, 0.1) is 5.92 Å². The van der Waals surface area contributed by atoms with Crippen molar-refractivity contribution in [3.05, 3.63) is 32.4 Å². The summed E-state index contributed by atoms with van der Waals surface area (Å²) in [5.41, 5.74) is 0.347. The van der Waals surface area contributed by atoms with E-state index in [0.717, 1.165) is 12.1 Å². The molecule has 2 aromatic rings. The first-order chi connectivity index (χ1) is 14.9. The average molecular weight is 430 g/mol. The Kier molecular flexibility index (Phi) is 6.06. The van der Waals surface area contributed by atoms with Gasteiger partial charge in [0.05, 0.1) is 11.8 Å². The van der Waals surface area contributed by atoms with Crippen molar-refractivity contribution >= 4 is 22.9 Å². The lowest BCUT2D eigenvalue weighted by Crippen LogP contribution is -2.40. The maximum absolute atomic E-state index is 12.6. The molecule has 0 aromatic carbocycles. The van der Waals surface area contributed by atoms with Gasteiger partial charge in [0.15, 0.2) is 0 Å². The molecule has 2 aliphatic rings. The second-order valence-electron chi connectivity index (χ2n) is 8.29. The molecule has 10 nitrogen and oxygen atoms in total. The van der Waals surface area contributed by atoms with E-state index < -0.39 is 11.2 Å². The number of likely N-dealkylation sites (tertiary alicyclic amines) is 1. The number of nitrogens with zero attached hydrogens (tertiary/aromatic N) is 3. The SMILES string of the molecule is CC(C)OC(=O)N1CCC(=NOc2nc3oc(=O)cc(CCC4CC4)c3c(=O)[nH]2)CC1. The van der Waals surface area contributed by atoms with Gasteiger partial charge >= 0.3 is 17.7 Å². The number of rotatable bonds is 6. The highest BCUT2D eigenvalue weighted by molar-refractivity contribution is 5.86. The summed E-state index contributed by atoms with van der Waals surface area (Å²) in [5, 5.41) is 4.33. The van der Waals surface area contributed by atoms with Gasteiger partial charge in [-0.3, -0.25) is 9.78 Å². The molecule has 2 fully saturated rings. The van der Waals surface area contributed by atoms with Crippen molar-refractivity contribution in [2.45, 2.75) is 58.5 Å². The number of hydrogen-bond donors (Lipinski definition) is 1. The highest BCUT2D eigenvalue weighted by Crippen LogP contribution is 2.33. The van der Waals surface area contributed by atoms with Crippen LogP contribution in [0.4, 0.5) is 4.79 Å². The van der Waals surface area contributed by atoms with Crippen molar-refractivity contribution in [1.29, 1.82) is 0 Å². The lowest BCUT2D eigenvalue weighted by atomic mass is 10.1. The number of amides is 1. The van der Waals surface area contributed by atoms with Gasteiger partial charge in [-0.1, -0.05) is 18.0 Å². The van der Waals surface area contributed by atoms with Crippen molar-refractivity contribution in [1.82, 2.24) is 14.9 Å². The third-order valence-corrected chi connectivity index (χ3v) is 5.39. The molecule has 1 aliphatic carbocycles. The number of oxime groups is 1. The summed E-state index contributed by atoms with van der Waals surface area (Å²) in [6, 6.07) is 1.22. The van der Waals surface area contributed by atoms with Crippen LogP contribution >= 0.6 is 0 Å². The van der Waals surface area contributed by atoms with E-state index >= 15 is 0 Å². The minimum absolute atomic E-state index is 0.0523. The van der Waals surface area contributed by atoms with Gasteiger partial charge in [0.25, 0.3) is 5.56 Å². The van der Waals surface area contributed by atoms with E-state index in [1.165, 1.54) is 18.9 Å². The third kappa shape index (κ3) is 5.31. The number of aromatic nitrogens is 2. The maximum atomic E-state index is 12.6. The number of aromatic amines is 1. The van der Waals surface area contributed by atoms with Crippen molar-refractivity contribution < 1.29 is 18.8 Å². The summed E-state index contributed by atoms with van der Waals surface area (Å²) in [6.45, 7) is 4.54. The fraction of sp³-hybridized carbons (Fsp3) is 0.571. The summed E-state index contributed by atoms with van der Waals surface area (Å²) < 4.78 is 10.3. The number of H-pyrrole nitrogens is 1. The second-order valence-corrected chi connectivity index (χ2v) is 8.29. The average Bonchev–Trinajstić information content (AvgIpc) is 3.54. The van der Waals surface area contributed by atoms with Gasteiger partial charge < -0.3 is 18.9 Å². The Bertz CT molecular complexity index is 1110. The predicted molar refractivity (Wildman–Crippen MR) is 112 cm³/mol. The minimum Gasteiger partial charge on any atom is -0.447 e. The van der Waals surface area contributed by atoms with E-state index in [4.69, 9.17) is 14.0 Å². The Labute approximate surface area is 178 Å². The molecule has 3 heterocycles. The molecule has 4 rings (SSSR count). The summed E-state index contributed by atoms with van der Waals surface area (Å²) in [4.78, 5) is 50.1. The summed E-state index contributed by atoms with van der Waals surface area (Å²) >= 11 is 0. The molecule has 0 bridgehead atoms. The van der Waals surface area contributed by atoms with E-state index in [-0.39, 0.29) is 29.3 Å². The van der Waals surface area contributed by atoms with Crippen molar-refractivity contribution in [3.8, 4) is 6.01 Å². The number of carbonyl (C=O) groups excluding carboxylic acids is 1. The first-order valence-electron chi connectivity index (χ1n) is 10.6. The van der Waals surface area contributed by atoms with Crippen LogP contribution in [0.5, 0.6) is 6.01 Å². The Morgan fingerprint density at radius 2 is 2.06 bits per heavy atom. The molecule has 31 heavy (non-hydrogen) atoms. The Morgan fingerprint density at radius 1 is 1.32 bits per heavy atom. The molecular weight excluding hydrogens is 404 g/mol. The smallest absolute Gasteiger partial charge is 0.410 e. The number of aryl methyl sites for hydroxylation is 1. The van der Waals surface area contributed by atoms with E-state index in [1.54, 1.807) is 18.7 Å². The molecule has 1 N–H and O–H groups in total.